The van der Waals surface area contributed by atoms with Crippen LogP contribution in [0.5, 0.6) is 0 Å². The highest BCUT2D eigenvalue weighted by atomic mass is 32.2. The fourth-order valence-corrected chi connectivity index (χ4v) is 3.74. The van der Waals surface area contributed by atoms with Crippen molar-refractivity contribution in [3.8, 4) is 0 Å². The van der Waals surface area contributed by atoms with E-state index in [0.717, 1.165) is 4.31 Å². The average Bonchev–Trinajstić information content (AvgIpc) is 2.81. The average molecular weight is 343 g/mol. The number of nitrogens with zero attached hydrogens (tertiary/aromatic N) is 1. The van der Waals surface area contributed by atoms with Crippen molar-refractivity contribution in [2.45, 2.75) is 23.1 Å². The minimum Gasteiger partial charge on any atom is -0.393 e. The zero-order valence-corrected chi connectivity index (χ0v) is 12.0. The van der Waals surface area contributed by atoms with Crippen LogP contribution in [0.4, 0.5) is 17.6 Å². The Kier molecular flexibility index (Phi) is 4.24. The number of sulfonamides is 1. The predicted molar refractivity (Wildman–Crippen MR) is 66.8 cm³/mol. The Morgan fingerprint density at radius 2 is 1.95 bits per heavy atom. The molecule has 0 unspecified atom stereocenters. The summed E-state index contributed by atoms with van der Waals surface area (Å²) >= 11 is 0. The molecule has 5 nitrogen and oxygen atoms in total. The molecule has 0 saturated carbocycles. The highest BCUT2D eigenvalue weighted by Gasteiger charge is 2.42. The van der Waals surface area contributed by atoms with Crippen LogP contribution in [0.2, 0.25) is 0 Å². The van der Waals surface area contributed by atoms with Gasteiger partial charge in [0, 0.05) is 13.1 Å². The number of aliphatic hydroxyl groups excluding tert-OH is 1. The van der Waals surface area contributed by atoms with E-state index in [2.05, 4.69) is 0 Å². The minimum absolute atomic E-state index is 0.0506. The summed E-state index contributed by atoms with van der Waals surface area (Å²) in [5.74, 6) is -1.52. The van der Waals surface area contributed by atoms with Crippen LogP contribution in [0.1, 0.15) is 12.0 Å². The maximum Gasteiger partial charge on any atom is 0.416 e. The molecule has 1 aliphatic heterocycles. The summed E-state index contributed by atoms with van der Waals surface area (Å²) in [6.07, 6.45) is -4.83. The lowest BCUT2D eigenvalue weighted by molar-refractivity contribution is -0.137. The second-order valence-corrected chi connectivity index (χ2v) is 7.02. The monoisotopic (exact) mass is 343 g/mol. The van der Waals surface area contributed by atoms with E-state index in [-0.39, 0.29) is 19.0 Å². The fraction of sp³-hybridized carbons (Fsp3) is 0.500. The van der Waals surface area contributed by atoms with Crippen LogP contribution in [0.25, 0.3) is 0 Å². The van der Waals surface area contributed by atoms with Gasteiger partial charge in [0.05, 0.1) is 12.2 Å². The quantitative estimate of drug-likeness (QED) is 0.802. The molecule has 0 radical (unpaired) electrons. The molecule has 22 heavy (non-hydrogen) atoms. The molecule has 1 aliphatic rings. The predicted octanol–water partition coefficient (Wildman–Crippen LogP) is 0.962. The first kappa shape index (κ1) is 17.1. The topological polar surface area (TPSA) is 77.8 Å². The molecule has 0 spiro atoms. The number of alkyl halides is 3. The normalized spacial score (nSPS) is 23.9. The Morgan fingerprint density at radius 1 is 1.32 bits per heavy atom. The lowest BCUT2D eigenvalue weighted by Gasteiger charge is -2.21. The lowest BCUT2D eigenvalue weighted by atomic mass is 10.1. The SMILES string of the molecule is O=S(=O)(c1ccc(C(F)(F)F)cc1F)N1CC[C@](O)(CO)C1. The number of halogens is 4. The molecule has 1 fully saturated rings. The van der Waals surface area contributed by atoms with Gasteiger partial charge in [0.2, 0.25) is 10.0 Å². The molecule has 124 valence electrons. The van der Waals surface area contributed by atoms with Crippen molar-refractivity contribution in [3.63, 3.8) is 0 Å². The third-order valence-corrected chi connectivity index (χ3v) is 5.35. The third kappa shape index (κ3) is 3.09. The van der Waals surface area contributed by atoms with Crippen LogP contribution >= 0.6 is 0 Å². The Balaban J connectivity index is 2.35. The number of hydrogen-bond donors (Lipinski definition) is 2. The second kappa shape index (κ2) is 5.44. The molecule has 1 aromatic carbocycles. The van der Waals surface area contributed by atoms with Gasteiger partial charge in [-0.05, 0) is 24.6 Å². The van der Waals surface area contributed by atoms with Crippen molar-refractivity contribution in [2.24, 2.45) is 0 Å². The van der Waals surface area contributed by atoms with Gasteiger partial charge >= 0.3 is 6.18 Å². The smallest absolute Gasteiger partial charge is 0.393 e. The highest BCUT2D eigenvalue weighted by Crippen LogP contribution is 2.33. The maximum atomic E-state index is 13.8. The van der Waals surface area contributed by atoms with E-state index in [4.69, 9.17) is 5.11 Å². The van der Waals surface area contributed by atoms with Crippen LogP contribution in [-0.2, 0) is 16.2 Å². The van der Waals surface area contributed by atoms with E-state index in [1.54, 1.807) is 0 Å². The van der Waals surface area contributed by atoms with Gasteiger partial charge < -0.3 is 10.2 Å². The molecule has 2 N–H and O–H groups in total. The van der Waals surface area contributed by atoms with Gasteiger partial charge in [-0.15, -0.1) is 0 Å². The zero-order valence-electron chi connectivity index (χ0n) is 11.1. The number of β-amino-alcohol motifs (C(OH)–C–C–N with tert-alkyl or cyclic N) is 1. The van der Waals surface area contributed by atoms with Crippen LogP contribution in [0.15, 0.2) is 23.1 Å². The molecule has 1 atom stereocenters. The Bertz CT molecular complexity index is 676. The first-order chi connectivity index (χ1) is 9.99. The van der Waals surface area contributed by atoms with Crippen LogP contribution in [0.3, 0.4) is 0 Å². The number of benzene rings is 1. The lowest BCUT2D eigenvalue weighted by Crippen LogP contribution is -2.39. The highest BCUT2D eigenvalue weighted by molar-refractivity contribution is 7.89. The molecule has 0 bridgehead atoms. The van der Waals surface area contributed by atoms with E-state index >= 15 is 0 Å². The first-order valence-corrected chi connectivity index (χ1v) is 7.64. The van der Waals surface area contributed by atoms with Crippen LogP contribution < -0.4 is 0 Å². The standard InChI is InChI=1S/C12H13F4NO4S/c13-9-5-8(12(14,15)16)1-2-10(9)22(20,21)17-4-3-11(19,6-17)7-18/h1-2,5,18-19H,3-4,6-7H2/t11-/m1/s1. The molecule has 2 rings (SSSR count). The molecule has 0 aliphatic carbocycles. The Hall–Kier alpha value is -1.23. The molecule has 10 heteroatoms. The van der Waals surface area contributed by atoms with Gasteiger partial charge in [0.15, 0.2) is 0 Å². The largest absolute Gasteiger partial charge is 0.416 e. The van der Waals surface area contributed by atoms with E-state index < -0.39 is 51.2 Å². The Morgan fingerprint density at radius 3 is 2.41 bits per heavy atom. The summed E-state index contributed by atoms with van der Waals surface area (Å²) < 4.78 is 76.4. The van der Waals surface area contributed by atoms with Crippen molar-refractivity contribution < 1.29 is 36.2 Å². The van der Waals surface area contributed by atoms with Gasteiger partial charge in [-0.2, -0.15) is 17.5 Å². The van der Waals surface area contributed by atoms with E-state index in [1.807, 2.05) is 0 Å². The van der Waals surface area contributed by atoms with Gasteiger partial charge in [0.1, 0.15) is 16.3 Å². The molecule has 0 aromatic heterocycles. The van der Waals surface area contributed by atoms with Crippen molar-refractivity contribution in [3.05, 3.63) is 29.6 Å². The fourth-order valence-electron chi connectivity index (χ4n) is 2.18. The molecular weight excluding hydrogens is 330 g/mol. The summed E-state index contributed by atoms with van der Waals surface area (Å²) in [6.45, 7) is -1.29. The third-order valence-electron chi connectivity index (χ3n) is 3.47. The molecule has 0 amide bonds. The summed E-state index contributed by atoms with van der Waals surface area (Å²) in [7, 11) is -4.39. The number of hydrogen-bond acceptors (Lipinski definition) is 4. The Labute approximate surface area is 123 Å². The summed E-state index contributed by atoms with van der Waals surface area (Å²) in [4.78, 5) is -0.900. The van der Waals surface area contributed by atoms with Gasteiger partial charge in [-0.3, -0.25) is 0 Å². The zero-order chi connectivity index (χ0) is 16.8. The maximum absolute atomic E-state index is 13.8. The molecular formula is C12H13F4NO4S. The van der Waals surface area contributed by atoms with E-state index in [1.165, 1.54) is 0 Å². The van der Waals surface area contributed by atoms with Crippen molar-refractivity contribution in [1.82, 2.24) is 4.31 Å². The van der Waals surface area contributed by atoms with Gasteiger partial charge in [0.25, 0.3) is 0 Å². The number of aliphatic hydroxyl groups is 2. The second-order valence-electron chi connectivity index (χ2n) is 5.11. The van der Waals surface area contributed by atoms with E-state index in [9.17, 15) is 31.1 Å². The van der Waals surface area contributed by atoms with Crippen LogP contribution in [-0.4, -0.2) is 48.2 Å². The molecule has 1 aromatic rings. The van der Waals surface area contributed by atoms with Gasteiger partial charge in [-0.1, -0.05) is 0 Å². The van der Waals surface area contributed by atoms with E-state index in [0.29, 0.717) is 12.1 Å². The van der Waals surface area contributed by atoms with Crippen LogP contribution in [0, 0.1) is 5.82 Å². The van der Waals surface area contributed by atoms with Crippen molar-refractivity contribution in [2.75, 3.05) is 19.7 Å². The number of rotatable bonds is 3. The molecule has 1 heterocycles. The van der Waals surface area contributed by atoms with Gasteiger partial charge in [-0.25, -0.2) is 12.8 Å². The summed E-state index contributed by atoms with van der Waals surface area (Å²) in [6, 6.07) is 1.13. The minimum atomic E-state index is -4.78. The summed E-state index contributed by atoms with van der Waals surface area (Å²) in [5.41, 5.74) is -2.92. The first-order valence-electron chi connectivity index (χ1n) is 6.20. The van der Waals surface area contributed by atoms with Crippen molar-refractivity contribution >= 4 is 10.0 Å². The van der Waals surface area contributed by atoms with Crippen molar-refractivity contribution in [1.29, 1.82) is 0 Å². The molecule has 1 saturated heterocycles. The summed E-state index contributed by atoms with van der Waals surface area (Å²) in [5, 5.41) is 18.8.